The molecule has 0 N–H and O–H groups in total. The van der Waals surface area contributed by atoms with Crippen LogP contribution < -0.4 is 0 Å². The Bertz CT molecular complexity index is 458. The average Bonchev–Trinajstić information content (AvgIpc) is 2.49. The molecule has 0 spiro atoms. The SMILES string of the molecule is CCCCCC[C@H](C=O)C[C@H](O[N+](=O)[O-])c1ccc(C)cc1. The molecule has 1 aromatic carbocycles. The van der Waals surface area contributed by atoms with Crippen molar-refractivity contribution in [3.8, 4) is 0 Å². The van der Waals surface area contributed by atoms with E-state index in [0.717, 1.165) is 49.5 Å². The number of unbranched alkanes of at least 4 members (excludes halogenated alkanes) is 3. The zero-order valence-corrected chi connectivity index (χ0v) is 13.4. The van der Waals surface area contributed by atoms with E-state index in [2.05, 4.69) is 6.92 Å². The minimum atomic E-state index is -0.774. The molecule has 5 heteroatoms. The van der Waals surface area contributed by atoms with E-state index in [9.17, 15) is 14.9 Å². The van der Waals surface area contributed by atoms with E-state index in [1.807, 2.05) is 31.2 Å². The number of aryl methyl sites for hydroxylation is 1. The Hall–Kier alpha value is -1.91. The summed E-state index contributed by atoms with van der Waals surface area (Å²) in [6, 6.07) is 7.43. The summed E-state index contributed by atoms with van der Waals surface area (Å²) in [4.78, 5) is 26.8. The fourth-order valence-electron chi connectivity index (χ4n) is 2.47. The molecular formula is C17H25NO4. The van der Waals surface area contributed by atoms with Crippen molar-refractivity contribution in [2.75, 3.05) is 0 Å². The number of hydrogen-bond donors (Lipinski definition) is 0. The molecule has 122 valence electrons. The minimum Gasteiger partial charge on any atom is -0.306 e. The van der Waals surface area contributed by atoms with Crippen LogP contribution in [0.25, 0.3) is 0 Å². The molecule has 0 fully saturated rings. The summed E-state index contributed by atoms with van der Waals surface area (Å²) in [5.74, 6) is -0.205. The van der Waals surface area contributed by atoms with Gasteiger partial charge in [-0.2, -0.15) is 0 Å². The van der Waals surface area contributed by atoms with E-state index < -0.39 is 11.2 Å². The van der Waals surface area contributed by atoms with E-state index in [1.54, 1.807) is 0 Å². The summed E-state index contributed by atoms with van der Waals surface area (Å²) in [6.45, 7) is 4.09. The van der Waals surface area contributed by atoms with Crippen LogP contribution in [-0.2, 0) is 9.63 Å². The van der Waals surface area contributed by atoms with Gasteiger partial charge >= 0.3 is 0 Å². The van der Waals surface area contributed by atoms with E-state index >= 15 is 0 Å². The maximum atomic E-state index is 11.3. The first-order chi connectivity index (χ1) is 10.6. The van der Waals surface area contributed by atoms with Gasteiger partial charge in [0, 0.05) is 5.92 Å². The Kier molecular flexibility index (Phi) is 8.18. The van der Waals surface area contributed by atoms with Crippen LogP contribution in [-0.4, -0.2) is 11.4 Å². The molecule has 0 saturated heterocycles. The van der Waals surface area contributed by atoms with Crippen molar-refractivity contribution in [3.05, 3.63) is 45.5 Å². The van der Waals surface area contributed by atoms with Gasteiger partial charge in [0.1, 0.15) is 12.4 Å². The third-order valence-corrected chi connectivity index (χ3v) is 3.80. The Morgan fingerprint density at radius 3 is 2.45 bits per heavy atom. The van der Waals surface area contributed by atoms with Gasteiger partial charge in [-0.05, 0) is 25.3 Å². The van der Waals surface area contributed by atoms with E-state index in [0.29, 0.717) is 6.42 Å². The molecule has 0 heterocycles. The second-order valence-corrected chi connectivity index (χ2v) is 5.71. The Morgan fingerprint density at radius 1 is 1.23 bits per heavy atom. The standard InChI is InChI=1S/C17H25NO4/c1-3-4-5-6-7-15(13-19)12-17(22-18(20)21)16-10-8-14(2)9-11-16/h8-11,13,15,17H,3-7,12H2,1-2H3/t15-,17-/m0/s1. The third-order valence-electron chi connectivity index (χ3n) is 3.80. The van der Waals surface area contributed by atoms with Crippen LogP contribution >= 0.6 is 0 Å². The Labute approximate surface area is 131 Å². The fraction of sp³-hybridized carbons (Fsp3) is 0.588. The minimum absolute atomic E-state index is 0.205. The summed E-state index contributed by atoms with van der Waals surface area (Å²) >= 11 is 0. The van der Waals surface area contributed by atoms with Gasteiger partial charge in [0.05, 0.1) is 0 Å². The molecule has 0 unspecified atom stereocenters. The van der Waals surface area contributed by atoms with Crippen LogP contribution in [0.1, 0.15) is 62.7 Å². The van der Waals surface area contributed by atoms with Crippen molar-refractivity contribution in [3.63, 3.8) is 0 Å². The number of benzene rings is 1. The molecule has 1 aromatic rings. The maximum absolute atomic E-state index is 11.3. The van der Waals surface area contributed by atoms with E-state index in [1.165, 1.54) is 0 Å². The van der Waals surface area contributed by atoms with Gasteiger partial charge in [0.15, 0.2) is 0 Å². The van der Waals surface area contributed by atoms with Crippen LogP contribution in [0.3, 0.4) is 0 Å². The molecule has 0 aromatic heterocycles. The predicted molar refractivity (Wildman–Crippen MR) is 84.9 cm³/mol. The van der Waals surface area contributed by atoms with Gasteiger partial charge in [0.2, 0.25) is 0 Å². The summed E-state index contributed by atoms with van der Waals surface area (Å²) in [5, 5.41) is 9.94. The van der Waals surface area contributed by atoms with Gasteiger partial charge in [-0.3, -0.25) is 0 Å². The first-order valence-corrected chi connectivity index (χ1v) is 7.89. The number of nitrogens with zero attached hydrogens (tertiary/aromatic N) is 1. The highest BCUT2D eigenvalue weighted by Gasteiger charge is 2.21. The molecule has 2 atom stereocenters. The van der Waals surface area contributed by atoms with E-state index in [-0.39, 0.29) is 5.92 Å². The summed E-state index contributed by atoms with van der Waals surface area (Å²) < 4.78 is 0. The number of carbonyl (C=O) groups is 1. The first-order valence-electron chi connectivity index (χ1n) is 7.89. The van der Waals surface area contributed by atoms with E-state index in [4.69, 9.17) is 4.84 Å². The molecule has 0 bridgehead atoms. The lowest BCUT2D eigenvalue weighted by atomic mass is 9.93. The lowest BCUT2D eigenvalue weighted by Crippen LogP contribution is -2.15. The van der Waals surface area contributed by atoms with Gasteiger partial charge in [-0.25, -0.2) is 0 Å². The van der Waals surface area contributed by atoms with Crippen molar-refractivity contribution in [1.82, 2.24) is 0 Å². The predicted octanol–water partition coefficient (Wildman–Crippen LogP) is 4.42. The first kappa shape index (κ1) is 18.1. The van der Waals surface area contributed by atoms with Crippen LogP contribution in [0.2, 0.25) is 0 Å². The van der Waals surface area contributed by atoms with Crippen LogP contribution in [0.4, 0.5) is 0 Å². The highest BCUT2D eigenvalue weighted by atomic mass is 17.0. The van der Waals surface area contributed by atoms with Crippen molar-refractivity contribution >= 4 is 6.29 Å². The van der Waals surface area contributed by atoms with Crippen LogP contribution in [0.5, 0.6) is 0 Å². The van der Waals surface area contributed by atoms with Crippen LogP contribution in [0.15, 0.2) is 24.3 Å². The summed E-state index contributed by atoms with van der Waals surface area (Å²) in [7, 11) is 0. The molecule has 1 rings (SSSR count). The number of hydrogen-bond acceptors (Lipinski definition) is 4. The molecule has 0 aliphatic heterocycles. The molecule has 22 heavy (non-hydrogen) atoms. The topological polar surface area (TPSA) is 69.4 Å². The van der Waals surface area contributed by atoms with Crippen molar-refractivity contribution < 1.29 is 14.7 Å². The third kappa shape index (κ3) is 6.70. The zero-order valence-electron chi connectivity index (χ0n) is 13.4. The average molecular weight is 307 g/mol. The molecule has 0 radical (unpaired) electrons. The summed E-state index contributed by atoms with van der Waals surface area (Å²) in [6.07, 6.45) is 5.67. The van der Waals surface area contributed by atoms with Crippen molar-refractivity contribution in [2.24, 2.45) is 5.92 Å². The van der Waals surface area contributed by atoms with Crippen molar-refractivity contribution in [2.45, 2.75) is 58.5 Å². The molecule has 0 aliphatic carbocycles. The highest BCUT2D eigenvalue weighted by molar-refractivity contribution is 5.53. The normalized spacial score (nSPS) is 13.4. The number of rotatable bonds is 11. The zero-order chi connectivity index (χ0) is 16.4. The second kappa shape index (κ2) is 9.92. The molecule has 5 nitrogen and oxygen atoms in total. The molecule has 0 amide bonds. The smallest absolute Gasteiger partial charge is 0.295 e. The summed E-state index contributed by atoms with van der Waals surface area (Å²) in [5.41, 5.74) is 1.82. The molecule has 0 aliphatic rings. The quantitative estimate of drug-likeness (QED) is 0.262. The van der Waals surface area contributed by atoms with Gasteiger partial charge in [-0.1, -0.05) is 62.4 Å². The molecule has 0 saturated carbocycles. The maximum Gasteiger partial charge on any atom is 0.295 e. The second-order valence-electron chi connectivity index (χ2n) is 5.71. The number of carbonyl (C=O) groups excluding carboxylic acids is 1. The number of aldehydes is 1. The van der Waals surface area contributed by atoms with Crippen molar-refractivity contribution in [1.29, 1.82) is 0 Å². The highest BCUT2D eigenvalue weighted by Crippen LogP contribution is 2.27. The lowest BCUT2D eigenvalue weighted by Gasteiger charge is -2.19. The Balaban J connectivity index is 2.67. The lowest BCUT2D eigenvalue weighted by molar-refractivity contribution is -0.771. The fourth-order valence-corrected chi connectivity index (χ4v) is 2.47. The van der Waals surface area contributed by atoms with Gasteiger partial charge in [0.25, 0.3) is 5.09 Å². The van der Waals surface area contributed by atoms with Gasteiger partial charge in [-0.15, -0.1) is 10.1 Å². The largest absolute Gasteiger partial charge is 0.306 e. The Morgan fingerprint density at radius 2 is 1.91 bits per heavy atom. The molecular weight excluding hydrogens is 282 g/mol. The van der Waals surface area contributed by atoms with Gasteiger partial charge < -0.3 is 9.63 Å². The monoisotopic (exact) mass is 307 g/mol. The van der Waals surface area contributed by atoms with Crippen LogP contribution in [0, 0.1) is 23.0 Å².